The van der Waals surface area contributed by atoms with Crippen LogP contribution in [0.25, 0.3) is 22.3 Å². The Balaban J connectivity index is 1.78. The van der Waals surface area contributed by atoms with Crippen LogP contribution in [-0.2, 0) is 13.0 Å². The Kier molecular flexibility index (Phi) is 3.55. The van der Waals surface area contributed by atoms with E-state index in [-0.39, 0.29) is 12.4 Å². The van der Waals surface area contributed by atoms with E-state index in [1.165, 1.54) is 29.2 Å². The fourth-order valence-corrected chi connectivity index (χ4v) is 3.55. The van der Waals surface area contributed by atoms with Crippen LogP contribution in [-0.4, -0.2) is 10.9 Å². The second-order valence-electron chi connectivity index (χ2n) is 6.29. The monoisotopic (exact) mass is 314 g/mol. The fourth-order valence-electron chi connectivity index (χ4n) is 3.55. The zero-order chi connectivity index (χ0) is 16.7. The average molecular weight is 314 g/mol. The molecule has 0 bridgehead atoms. The van der Waals surface area contributed by atoms with E-state index in [0.717, 1.165) is 17.5 Å². The highest BCUT2D eigenvalue weighted by atomic mass is 16.3. The van der Waals surface area contributed by atoms with Crippen LogP contribution < -0.4 is 0 Å². The van der Waals surface area contributed by atoms with Crippen LogP contribution in [0.5, 0.6) is 0 Å². The van der Waals surface area contributed by atoms with Crippen LogP contribution in [0.3, 0.4) is 0 Å². The molecule has 2 nitrogen and oxygen atoms in total. The highest BCUT2D eigenvalue weighted by Gasteiger charge is 2.18. The molecule has 1 aliphatic carbocycles. The number of hydrogen-bond acceptors (Lipinski definition) is 2. The van der Waals surface area contributed by atoms with Gasteiger partial charge in [0.25, 0.3) is 0 Å². The van der Waals surface area contributed by atoms with Crippen LogP contribution in [0, 0.1) is 0 Å². The molecule has 0 amide bonds. The lowest BCUT2D eigenvalue weighted by Gasteiger charge is -2.10. The van der Waals surface area contributed by atoms with Gasteiger partial charge in [-0.1, -0.05) is 54.6 Å². The van der Waals surface area contributed by atoms with Gasteiger partial charge in [-0.15, -0.1) is 0 Å². The quantitative estimate of drug-likeness (QED) is 0.560. The summed E-state index contributed by atoms with van der Waals surface area (Å²) in [5.74, 6) is -0.0190. The van der Waals surface area contributed by atoms with Crippen molar-refractivity contribution >= 4 is 5.78 Å². The van der Waals surface area contributed by atoms with Crippen molar-refractivity contribution in [2.45, 2.75) is 20.0 Å². The van der Waals surface area contributed by atoms with Crippen molar-refractivity contribution in [3.8, 4) is 22.3 Å². The number of Topliss-reactive ketones (excluding diaryl/α,β-unsaturated/α-hetero) is 1. The number of ketones is 1. The molecule has 1 N–H and O–H groups in total. The van der Waals surface area contributed by atoms with Gasteiger partial charge in [-0.2, -0.15) is 0 Å². The maximum atomic E-state index is 11.8. The largest absolute Gasteiger partial charge is 0.392 e. The van der Waals surface area contributed by atoms with E-state index in [0.29, 0.717) is 11.1 Å². The number of aliphatic hydroxyl groups excluding tert-OH is 1. The molecule has 0 fully saturated rings. The predicted molar refractivity (Wildman–Crippen MR) is 96.0 cm³/mol. The molecule has 0 heterocycles. The van der Waals surface area contributed by atoms with Gasteiger partial charge in [-0.05, 0) is 58.4 Å². The summed E-state index contributed by atoms with van der Waals surface area (Å²) in [6.45, 7) is 1.42. The zero-order valence-corrected chi connectivity index (χ0v) is 13.5. The number of benzene rings is 3. The number of aliphatic hydroxyl groups is 1. The normalized spacial score (nSPS) is 11.9. The first-order valence-electron chi connectivity index (χ1n) is 8.13. The van der Waals surface area contributed by atoms with Gasteiger partial charge >= 0.3 is 0 Å². The van der Waals surface area contributed by atoms with Crippen molar-refractivity contribution in [3.05, 3.63) is 82.9 Å². The van der Waals surface area contributed by atoms with Crippen molar-refractivity contribution in [1.29, 1.82) is 0 Å². The Labute approximate surface area is 141 Å². The number of fused-ring (bicyclic) bond motifs is 3. The van der Waals surface area contributed by atoms with E-state index in [1.54, 1.807) is 0 Å². The first-order valence-corrected chi connectivity index (χ1v) is 8.13. The summed E-state index contributed by atoms with van der Waals surface area (Å²) in [5, 5.41) is 9.40. The lowest BCUT2D eigenvalue weighted by molar-refractivity contribution is 0.101. The van der Waals surface area contributed by atoms with Gasteiger partial charge in [0.05, 0.1) is 6.61 Å². The summed E-state index contributed by atoms with van der Waals surface area (Å²) >= 11 is 0. The van der Waals surface area contributed by atoms with Crippen molar-refractivity contribution < 1.29 is 9.90 Å². The molecular weight excluding hydrogens is 296 g/mol. The summed E-state index contributed by atoms with van der Waals surface area (Å²) in [6.07, 6.45) is 0.952. The molecule has 2 heteroatoms. The van der Waals surface area contributed by atoms with Crippen LogP contribution in [0.15, 0.2) is 60.7 Å². The van der Waals surface area contributed by atoms with Crippen molar-refractivity contribution in [2.75, 3.05) is 0 Å². The number of hydrogen-bond donors (Lipinski definition) is 1. The SMILES string of the molecule is CC(=O)c1cc(-c2ccc3c(c2)Cc2ccccc2-3)ccc1CO. The minimum absolute atomic E-state index is 0.0190. The van der Waals surface area contributed by atoms with Gasteiger partial charge in [-0.3, -0.25) is 4.79 Å². The summed E-state index contributed by atoms with van der Waals surface area (Å²) in [4.78, 5) is 11.8. The van der Waals surface area contributed by atoms with E-state index < -0.39 is 0 Å². The van der Waals surface area contributed by atoms with E-state index in [2.05, 4.69) is 42.5 Å². The molecular formula is C22H18O2. The molecule has 0 atom stereocenters. The van der Waals surface area contributed by atoms with Crippen molar-refractivity contribution in [1.82, 2.24) is 0 Å². The topological polar surface area (TPSA) is 37.3 Å². The average Bonchev–Trinajstić information content (AvgIpc) is 2.98. The first-order chi connectivity index (χ1) is 11.7. The van der Waals surface area contributed by atoms with E-state index in [9.17, 15) is 9.90 Å². The van der Waals surface area contributed by atoms with Gasteiger partial charge in [0.2, 0.25) is 0 Å². The molecule has 0 spiro atoms. The standard InChI is InChI=1S/C22H18O2/c1-14(24)22-12-16(6-7-18(22)13-23)15-8-9-21-19(10-15)11-17-4-2-3-5-20(17)21/h2-10,12,23H,11,13H2,1H3. The van der Waals surface area contributed by atoms with Gasteiger partial charge in [0.1, 0.15) is 0 Å². The molecule has 0 saturated heterocycles. The van der Waals surface area contributed by atoms with Crippen LogP contribution >= 0.6 is 0 Å². The first kappa shape index (κ1) is 14.9. The Morgan fingerprint density at radius 3 is 2.42 bits per heavy atom. The van der Waals surface area contributed by atoms with Gasteiger partial charge in [-0.25, -0.2) is 0 Å². The summed E-state index contributed by atoms with van der Waals surface area (Å²) in [6, 6.07) is 20.7. The van der Waals surface area contributed by atoms with Gasteiger partial charge < -0.3 is 5.11 Å². The molecule has 3 aromatic carbocycles. The molecule has 24 heavy (non-hydrogen) atoms. The molecule has 0 radical (unpaired) electrons. The zero-order valence-electron chi connectivity index (χ0n) is 13.5. The third kappa shape index (κ3) is 2.36. The maximum Gasteiger partial charge on any atom is 0.160 e. The predicted octanol–water partition coefficient (Wildman–Crippen LogP) is 4.62. The number of rotatable bonds is 3. The Morgan fingerprint density at radius 2 is 1.62 bits per heavy atom. The highest BCUT2D eigenvalue weighted by molar-refractivity contribution is 5.97. The van der Waals surface area contributed by atoms with E-state index in [4.69, 9.17) is 0 Å². The molecule has 0 aliphatic heterocycles. The molecule has 0 unspecified atom stereocenters. The summed E-state index contributed by atoms with van der Waals surface area (Å²) < 4.78 is 0. The molecule has 118 valence electrons. The Morgan fingerprint density at radius 1 is 0.917 bits per heavy atom. The van der Waals surface area contributed by atoms with Gasteiger partial charge in [0.15, 0.2) is 5.78 Å². The number of carbonyl (C=O) groups is 1. The van der Waals surface area contributed by atoms with Gasteiger partial charge in [0, 0.05) is 5.56 Å². The third-order valence-corrected chi connectivity index (χ3v) is 4.79. The highest BCUT2D eigenvalue weighted by Crippen LogP contribution is 2.38. The van der Waals surface area contributed by atoms with E-state index >= 15 is 0 Å². The van der Waals surface area contributed by atoms with Crippen LogP contribution in [0.2, 0.25) is 0 Å². The minimum Gasteiger partial charge on any atom is -0.392 e. The molecule has 4 rings (SSSR count). The van der Waals surface area contributed by atoms with Crippen molar-refractivity contribution in [3.63, 3.8) is 0 Å². The summed E-state index contributed by atoms with van der Waals surface area (Å²) in [7, 11) is 0. The Bertz CT molecular complexity index is 954. The molecule has 0 aromatic heterocycles. The summed E-state index contributed by atoms with van der Waals surface area (Å²) in [5.41, 5.74) is 8.70. The lowest BCUT2D eigenvalue weighted by Crippen LogP contribution is -2.00. The number of carbonyl (C=O) groups excluding carboxylic acids is 1. The molecule has 3 aromatic rings. The van der Waals surface area contributed by atoms with E-state index in [1.807, 2.05) is 18.2 Å². The van der Waals surface area contributed by atoms with Crippen LogP contribution in [0.1, 0.15) is 34.0 Å². The van der Waals surface area contributed by atoms with Crippen molar-refractivity contribution in [2.24, 2.45) is 0 Å². The molecule has 0 saturated carbocycles. The smallest absolute Gasteiger partial charge is 0.160 e. The van der Waals surface area contributed by atoms with Crippen LogP contribution in [0.4, 0.5) is 0 Å². The minimum atomic E-state index is -0.116. The fraction of sp³-hybridized carbons (Fsp3) is 0.136. The lowest BCUT2D eigenvalue weighted by atomic mass is 9.95. The molecule has 1 aliphatic rings. The second-order valence-corrected chi connectivity index (χ2v) is 6.29. The third-order valence-electron chi connectivity index (χ3n) is 4.79. The Hall–Kier alpha value is -2.71. The second kappa shape index (κ2) is 5.73. The maximum absolute atomic E-state index is 11.8.